The first kappa shape index (κ1) is 18.4. The van der Waals surface area contributed by atoms with Crippen LogP contribution in [0.2, 0.25) is 0 Å². The van der Waals surface area contributed by atoms with Gasteiger partial charge in [-0.25, -0.2) is 8.42 Å². The largest absolute Gasteiger partial charge is 0.298 e. The Morgan fingerprint density at radius 1 is 0.957 bits per heavy atom. The first-order chi connectivity index (χ1) is 10.8. The van der Waals surface area contributed by atoms with Crippen molar-refractivity contribution in [3.05, 3.63) is 59.7 Å². The van der Waals surface area contributed by atoms with Crippen LogP contribution in [0.4, 0.5) is 0 Å². The van der Waals surface area contributed by atoms with Crippen LogP contribution in [0.15, 0.2) is 58.3 Å². The van der Waals surface area contributed by atoms with Crippen LogP contribution < -0.4 is 0 Å². The van der Waals surface area contributed by atoms with Gasteiger partial charge in [-0.1, -0.05) is 58.5 Å². The number of rotatable bonds is 6. The SMILES string of the molecule is Cc1ccc(S(=O)(=O)Cc2ccccc2S(=O)(=O)OCI)cc1. The van der Waals surface area contributed by atoms with Gasteiger partial charge in [0.1, 0.15) is 4.61 Å². The molecule has 0 unspecified atom stereocenters. The Balaban J connectivity index is 2.43. The summed E-state index contributed by atoms with van der Waals surface area (Å²) in [6.45, 7) is 1.86. The van der Waals surface area contributed by atoms with Crippen LogP contribution in [0.3, 0.4) is 0 Å². The molecule has 2 aromatic carbocycles. The molecule has 8 heteroatoms. The van der Waals surface area contributed by atoms with Gasteiger partial charge in [0, 0.05) is 0 Å². The highest BCUT2D eigenvalue weighted by atomic mass is 127. The van der Waals surface area contributed by atoms with Gasteiger partial charge in [0.2, 0.25) is 0 Å². The number of benzene rings is 2. The third-order valence-corrected chi connectivity index (χ3v) is 6.95. The Labute approximate surface area is 149 Å². The van der Waals surface area contributed by atoms with Crippen molar-refractivity contribution in [2.24, 2.45) is 0 Å². The quantitative estimate of drug-likeness (QED) is 0.372. The Morgan fingerprint density at radius 3 is 2.17 bits per heavy atom. The van der Waals surface area contributed by atoms with E-state index in [-0.39, 0.29) is 20.0 Å². The fourth-order valence-electron chi connectivity index (χ4n) is 2.02. The van der Waals surface area contributed by atoms with E-state index in [2.05, 4.69) is 0 Å². The van der Waals surface area contributed by atoms with Crippen molar-refractivity contribution in [3.63, 3.8) is 0 Å². The van der Waals surface area contributed by atoms with Crippen molar-refractivity contribution in [1.29, 1.82) is 0 Å². The minimum atomic E-state index is -3.97. The van der Waals surface area contributed by atoms with E-state index in [4.69, 9.17) is 4.18 Å². The molecular formula is C15H15IO5S2. The lowest BCUT2D eigenvalue weighted by molar-refractivity contribution is 0.389. The van der Waals surface area contributed by atoms with Crippen LogP contribution in [0.25, 0.3) is 0 Å². The molecule has 0 aliphatic rings. The lowest BCUT2D eigenvalue weighted by Crippen LogP contribution is -2.12. The van der Waals surface area contributed by atoms with Crippen LogP contribution in [0.1, 0.15) is 11.1 Å². The molecule has 0 bridgehead atoms. The topological polar surface area (TPSA) is 77.5 Å². The summed E-state index contributed by atoms with van der Waals surface area (Å²) in [5.41, 5.74) is 1.14. The van der Waals surface area contributed by atoms with E-state index >= 15 is 0 Å². The standard InChI is InChI=1S/C15H15IO5S2/c1-12-6-8-14(9-7-12)22(17,18)10-13-4-2-3-5-15(13)23(19,20)21-11-16/h2-9H,10-11H2,1H3. The van der Waals surface area contributed by atoms with Crippen molar-refractivity contribution in [2.75, 3.05) is 4.61 Å². The van der Waals surface area contributed by atoms with E-state index in [1.165, 1.54) is 30.3 Å². The van der Waals surface area contributed by atoms with Crippen LogP contribution in [-0.2, 0) is 29.9 Å². The summed E-state index contributed by atoms with van der Waals surface area (Å²) in [5, 5.41) is 0. The summed E-state index contributed by atoms with van der Waals surface area (Å²) in [4.78, 5) is 0.0393. The average Bonchev–Trinajstić information content (AvgIpc) is 2.47. The maximum atomic E-state index is 12.5. The van der Waals surface area contributed by atoms with Gasteiger partial charge in [0.15, 0.2) is 9.84 Å². The van der Waals surface area contributed by atoms with Crippen molar-refractivity contribution in [3.8, 4) is 0 Å². The summed E-state index contributed by atoms with van der Waals surface area (Å²) in [7, 11) is -7.62. The number of aryl methyl sites for hydroxylation is 1. The molecule has 0 heterocycles. The van der Waals surface area contributed by atoms with Crippen molar-refractivity contribution in [1.82, 2.24) is 0 Å². The summed E-state index contributed by atoms with van der Waals surface area (Å²) in [6.07, 6.45) is 0. The maximum Gasteiger partial charge on any atom is 0.298 e. The molecular weight excluding hydrogens is 451 g/mol. The number of hydrogen-bond donors (Lipinski definition) is 0. The normalized spacial score (nSPS) is 12.3. The molecule has 0 aromatic heterocycles. The zero-order valence-corrected chi connectivity index (χ0v) is 16.1. The van der Waals surface area contributed by atoms with Gasteiger partial charge in [-0.05, 0) is 30.7 Å². The molecule has 0 aliphatic heterocycles. The molecule has 2 aromatic rings. The van der Waals surface area contributed by atoms with Crippen molar-refractivity contribution in [2.45, 2.75) is 22.5 Å². The van der Waals surface area contributed by atoms with Crippen LogP contribution in [-0.4, -0.2) is 21.4 Å². The van der Waals surface area contributed by atoms with Gasteiger partial charge in [0.05, 0.1) is 15.5 Å². The molecule has 0 spiro atoms. The molecule has 0 radical (unpaired) electrons. The predicted octanol–water partition coefficient (Wildman–Crippen LogP) is 3.07. The second-order valence-corrected chi connectivity index (χ2v) is 9.06. The zero-order chi connectivity index (χ0) is 17.1. The second kappa shape index (κ2) is 7.29. The first-order valence-electron chi connectivity index (χ1n) is 6.59. The van der Waals surface area contributed by atoms with Gasteiger partial charge in [-0.2, -0.15) is 8.42 Å². The molecule has 0 aliphatic carbocycles. The number of hydrogen-bond acceptors (Lipinski definition) is 5. The highest BCUT2D eigenvalue weighted by Gasteiger charge is 2.23. The smallest absolute Gasteiger partial charge is 0.256 e. The molecule has 2 rings (SSSR count). The Kier molecular flexibility index (Phi) is 5.82. The van der Waals surface area contributed by atoms with E-state index in [0.717, 1.165) is 5.56 Å². The fourth-order valence-corrected chi connectivity index (χ4v) is 5.45. The summed E-state index contributed by atoms with van der Waals surface area (Å²) < 4.78 is 53.9. The fraction of sp³-hybridized carbons (Fsp3) is 0.200. The van der Waals surface area contributed by atoms with Crippen molar-refractivity contribution < 1.29 is 21.0 Å². The van der Waals surface area contributed by atoms with Crippen molar-refractivity contribution >= 4 is 42.5 Å². The lowest BCUT2D eigenvalue weighted by Gasteiger charge is -2.10. The van der Waals surface area contributed by atoms with E-state index in [9.17, 15) is 16.8 Å². The minimum Gasteiger partial charge on any atom is -0.256 e. The van der Waals surface area contributed by atoms with Gasteiger partial charge in [0.25, 0.3) is 10.1 Å². The number of alkyl halides is 1. The predicted molar refractivity (Wildman–Crippen MR) is 95.7 cm³/mol. The molecule has 0 atom stereocenters. The molecule has 0 amide bonds. The van der Waals surface area contributed by atoms with Crippen LogP contribution in [0.5, 0.6) is 0 Å². The van der Waals surface area contributed by atoms with Gasteiger partial charge >= 0.3 is 0 Å². The lowest BCUT2D eigenvalue weighted by atomic mass is 10.2. The second-order valence-electron chi connectivity index (χ2n) is 4.86. The maximum absolute atomic E-state index is 12.5. The molecule has 0 fully saturated rings. The van der Waals surface area contributed by atoms with E-state index in [0.29, 0.717) is 0 Å². The highest BCUT2D eigenvalue weighted by Crippen LogP contribution is 2.24. The molecule has 5 nitrogen and oxygen atoms in total. The number of halogens is 1. The monoisotopic (exact) mass is 466 g/mol. The average molecular weight is 466 g/mol. The van der Waals surface area contributed by atoms with Gasteiger partial charge < -0.3 is 0 Å². The third kappa shape index (κ3) is 4.52. The van der Waals surface area contributed by atoms with Crippen LogP contribution >= 0.6 is 22.6 Å². The highest BCUT2D eigenvalue weighted by molar-refractivity contribution is 14.1. The van der Waals surface area contributed by atoms with Gasteiger partial charge in [-0.15, -0.1) is 0 Å². The van der Waals surface area contributed by atoms with E-state index < -0.39 is 25.7 Å². The number of sulfone groups is 1. The molecule has 0 saturated heterocycles. The minimum absolute atomic E-state index is 0.0425. The Hall–Kier alpha value is -0.970. The van der Waals surface area contributed by atoms with Gasteiger partial charge in [-0.3, -0.25) is 4.18 Å². The molecule has 0 saturated carbocycles. The summed E-state index contributed by atoms with van der Waals surface area (Å²) >= 11 is 1.77. The molecule has 0 N–H and O–H groups in total. The van der Waals surface area contributed by atoms with Crippen LogP contribution in [0, 0.1) is 6.92 Å². The Morgan fingerprint density at radius 2 is 1.57 bits per heavy atom. The van der Waals surface area contributed by atoms with E-state index in [1.54, 1.807) is 40.8 Å². The third-order valence-electron chi connectivity index (χ3n) is 3.17. The first-order valence-corrected chi connectivity index (χ1v) is 11.2. The molecule has 23 heavy (non-hydrogen) atoms. The summed E-state index contributed by atoms with van der Waals surface area (Å²) in [6, 6.07) is 12.4. The van der Waals surface area contributed by atoms with E-state index in [1.807, 2.05) is 6.92 Å². The zero-order valence-electron chi connectivity index (χ0n) is 12.3. The summed E-state index contributed by atoms with van der Waals surface area (Å²) in [5.74, 6) is -0.407. The Bertz CT molecular complexity index is 888. The molecule has 124 valence electrons.